The second-order valence-electron chi connectivity index (χ2n) is 5.55. The molecule has 5 nitrogen and oxygen atoms in total. The average molecular weight is 336 g/mol. The summed E-state index contributed by atoms with van der Waals surface area (Å²) >= 11 is 1.66. The molecule has 1 fully saturated rings. The molecular formula is C17H24N2O3S. The van der Waals surface area contributed by atoms with Gasteiger partial charge in [0.2, 0.25) is 5.91 Å². The van der Waals surface area contributed by atoms with Crippen LogP contribution in [0.15, 0.2) is 30.3 Å². The van der Waals surface area contributed by atoms with E-state index < -0.39 is 6.04 Å². The van der Waals surface area contributed by atoms with Crippen LogP contribution in [-0.2, 0) is 9.53 Å². The molecule has 1 heterocycles. The van der Waals surface area contributed by atoms with Crippen molar-refractivity contribution in [3.8, 4) is 0 Å². The van der Waals surface area contributed by atoms with Crippen LogP contribution in [0.1, 0.15) is 29.6 Å². The number of hydrogen-bond acceptors (Lipinski definition) is 4. The van der Waals surface area contributed by atoms with E-state index in [9.17, 15) is 9.59 Å². The van der Waals surface area contributed by atoms with Crippen LogP contribution in [0.2, 0.25) is 0 Å². The van der Waals surface area contributed by atoms with E-state index in [2.05, 4.69) is 10.6 Å². The smallest absolute Gasteiger partial charge is 0.251 e. The molecule has 6 heteroatoms. The first-order chi connectivity index (χ1) is 11.2. The van der Waals surface area contributed by atoms with Crippen LogP contribution in [0.3, 0.4) is 0 Å². The molecule has 1 aromatic rings. The molecule has 2 amide bonds. The van der Waals surface area contributed by atoms with Crippen molar-refractivity contribution >= 4 is 23.6 Å². The molecular weight excluding hydrogens is 312 g/mol. The van der Waals surface area contributed by atoms with E-state index in [-0.39, 0.29) is 17.9 Å². The Balaban J connectivity index is 1.89. The highest BCUT2D eigenvalue weighted by molar-refractivity contribution is 7.98. The Bertz CT molecular complexity index is 504. The Kier molecular flexibility index (Phi) is 7.42. The van der Waals surface area contributed by atoms with Crippen molar-refractivity contribution in [2.75, 3.05) is 25.2 Å². The molecule has 1 saturated heterocycles. The Morgan fingerprint density at radius 3 is 2.78 bits per heavy atom. The Morgan fingerprint density at radius 1 is 1.35 bits per heavy atom. The lowest BCUT2D eigenvalue weighted by molar-refractivity contribution is -0.123. The molecule has 126 valence electrons. The number of rotatable bonds is 8. The van der Waals surface area contributed by atoms with Gasteiger partial charge in [0.25, 0.3) is 5.91 Å². The van der Waals surface area contributed by atoms with Crippen molar-refractivity contribution in [3.05, 3.63) is 35.9 Å². The number of amides is 2. The molecule has 2 N–H and O–H groups in total. The first-order valence-corrected chi connectivity index (χ1v) is 9.34. The van der Waals surface area contributed by atoms with Crippen molar-refractivity contribution in [3.63, 3.8) is 0 Å². The van der Waals surface area contributed by atoms with Gasteiger partial charge in [-0.1, -0.05) is 18.2 Å². The number of benzene rings is 1. The van der Waals surface area contributed by atoms with Crippen LogP contribution in [0.4, 0.5) is 0 Å². The quantitative estimate of drug-likeness (QED) is 0.760. The number of hydrogen-bond donors (Lipinski definition) is 2. The fourth-order valence-corrected chi connectivity index (χ4v) is 2.95. The second-order valence-corrected chi connectivity index (χ2v) is 6.54. The minimum absolute atomic E-state index is 0.102. The lowest BCUT2D eigenvalue weighted by atomic mass is 10.1. The molecule has 23 heavy (non-hydrogen) atoms. The molecule has 0 aromatic heterocycles. The maximum absolute atomic E-state index is 12.4. The summed E-state index contributed by atoms with van der Waals surface area (Å²) < 4.78 is 5.51. The molecule has 1 aliphatic heterocycles. The Morgan fingerprint density at radius 2 is 2.13 bits per heavy atom. The minimum Gasteiger partial charge on any atom is -0.376 e. The van der Waals surface area contributed by atoms with Gasteiger partial charge >= 0.3 is 0 Å². The summed E-state index contributed by atoms with van der Waals surface area (Å²) in [7, 11) is 0. The average Bonchev–Trinajstić information content (AvgIpc) is 3.10. The zero-order valence-corrected chi connectivity index (χ0v) is 14.2. The molecule has 1 aromatic carbocycles. The first-order valence-electron chi connectivity index (χ1n) is 7.95. The summed E-state index contributed by atoms with van der Waals surface area (Å²) in [4.78, 5) is 24.6. The topological polar surface area (TPSA) is 67.4 Å². The van der Waals surface area contributed by atoms with E-state index in [1.807, 2.05) is 24.5 Å². The second kappa shape index (κ2) is 9.57. The highest BCUT2D eigenvalue weighted by atomic mass is 32.2. The van der Waals surface area contributed by atoms with E-state index in [0.29, 0.717) is 18.5 Å². The van der Waals surface area contributed by atoms with Gasteiger partial charge in [0, 0.05) is 18.7 Å². The molecule has 0 radical (unpaired) electrons. The van der Waals surface area contributed by atoms with Crippen LogP contribution in [0.5, 0.6) is 0 Å². The largest absolute Gasteiger partial charge is 0.376 e. The van der Waals surface area contributed by atoms with E-state index in [1.165, 1.54) is 0 Å². The van der Waals surface area contributed by atoms with Crippen LogP contribution in [0.25, 0.3) is 0 Å². The van der Waals surface area contributed by atoms with Gasteiger partial charge in [0.1, 0.15) is 6.04 Å². The molecule has 0 spiro atoms. The number of thioether (sulfide) groups is 1. The molecule has 2 rings (SSSR count). The summed E-state index contributed by atoms with van der Waals surface area (Å²) in [5.41, 5.74) is 0.563. The molecule has 0 saturated carbocycles. The number of ether oxygens (including phenoxy) is 1. The predicted octanol–water partition coefficient (Wildman–Crippen LogP) is 1.83. The van der Waals surface area contributed by atoms with E-state index in [0.717, 1.165) is 25.2 Å². The minimum atomic E-state index is -0.517. The third-order valence-electron chi connectivity index (χ3n) is 3.80. The summed E-state index contributed by atoms with van der Waals surface area (Å²) in [6.45, 7) is 1.27. The number of nitrogens with one attached hydrogen (secondary N) is 2. The normalized spacial score (nSPS) is 18.4. The van der Waals surface area contributed by atoms with Gasteiger partial charge in [-0.3, -0.25) is 9.59 Å². The highest BCUT2D eigenvalue weighted by Crippen LogP contribution is 2.11. The molecule has 1 aliphatic rings. The summed E-state index contributed by atoms with van der Waals surface area (Å²) in [6, 6.07) is 8.44. The standard InChI is InChI=1S/C17H24N2O3S/c1-23-11-9-15(17(21)18-12-14-8-5-10-22-14)19-16(20)13-6-3-2-4-7-13/h2-4,6-7,14-15H,5,8-12H2,1H3,(H,18,21)(H,19,20)/t14-,15+/m0/s1. The molecule has 0 bridgehead atoms. The van der Waals surface area contributed by atoms with E-state index >= 15 is 0 Å². The molecule has 0 unspecified atom stereocenters. The van der Waals surface area contributed by atoms with Gasteiger partial charge in [0.05, 0.1) is 6.10 Å². The van der Waals surface area contributed by atoms with Gasteiger partial charge in [-0.15, -0.1) is 0 Å². The summed E-state index contributed by atoms with van der Waals surface area (Å²) in [5.74, 6) is 0.454. The SMILES string of the molecule is CSCC[C@@H](NC(=O)c1ccccc1)C(=O)NC[C@@H]1CCCO1. The molecule has 2 atom stereocenters. The van der Waals surface area contributed by atoms with Gasteiger partial charge < -0.3 is 15.4 Å². The van der Waals surface area contributed by atoms with Gasteiger partial charge in [-0.2, -0.15) is 11.8 Å². The maximum Gasteiger partial charge on any atom is 0.251 e. The van der Waals surface area contributed by atoms with Crippen LogP contribution in [0, 0.1) is 0 Å². The third-order valence-corrected chi connectivity index (χ3v) is 4.44. The molecule has 0 aliphatic carbocycles. The zero-order valence-electron chi connectivity index (χ0n) is 13.4. The summed E-state index contributed by atoms with van der Waals surface area (Å²) in [5, 5.41) is 5.74. The van der Waals surface area contributed by atoms with Crippen LogP contribution in [-0.4, -0.2) is 49.1 Å². The highest BCUT2D eigenvalue weighted by Gasteiger charge is 2.23. The summed E-state index contributed by atoms with van der Waals surface area (Å²) in [6.07, 6.45) is 4.72. The Labute approximate surface area is 141 Å². The van der Waals surface area contributed by atoms with Gasteiger partial charge in [-0.05, 0) is 43.4 Å². The van der Waals surface area contributed by atoms with E-state index in [1.54, 1.807) is 23.9 Å². The van der Waals surface area contributed by atoms with Crippen LogP contribution < -0.4 is 10.6 Å². The zero-order chi connectivity index (χ0) is 16.5. The lowest BCUT2D eigenvalue weighted by Crippen LogP contribution is -2.48. The first kappa shape index (κ1) is 17.8. The third kappa shape index (κ3) is 5.88. The van der Waals surface area contributed by atoms with Crippen molar-refractivity contribution in [2.45, 2.75) is 31.4 Å². The van der Waals surface area contributed by atoms with Crippen molar-refractivity contribution < 1.29 is 14.3 Å². The van der Waals surface area contributed by atoms with Crippen molar-refractivity contribution in [1.82, 2.24) is 10.6 Å². The fourth-order valence-electron chi connectivity index (χ4n) is 2.48. The van der Waals surface area contributed by atoms with Gasteiger partial charge in [-0.25, -0.2) is 0 Å². The van der Waals surface area contributed by atoms with Gasteiger partial charge in [0.15, 0.2) is 0 Å². The monoisotopic (exact) mass is 336 g/mol. The fraction of sp³-hybridized carbons (Fsp3) is 0.529. The lowest BCUT2D eigenvalue weighted by Gasteiger charge is -2.19. The van der Waals surface area contributed by atoms with Crippen LogP contribution >= 0.6 is 11.8 Å². The van der Waals surface area contributed by atoms with Crippen molar-refractivity contribution in [1.29, 1.82) is 0 Å². The van der Waals surface area contributed by atoms with E-state index in [4.69, 9.17) is 4.74 Å². The Hall–Kier alpha value is -1.53. The maximum atomic E-state index is 12.4. The predicted molar refractivity (Wildman–Crippen MR) is 92.7 cm³/mol. The van der Waals surface area contributed by atoms with Crippen molar-refractivity contribution in [2.24, 2.45) is 0 Å². The number of carbonyl (C=O) groups is 2. The number of carbonyl (C=O) groups excluding carboxylic acids is 2.